The van der Waals surface area contributed by atoms with Gasteiger partial charge in [-0.05, 0) is 36.1 Å². The van der Waals surface area contributed by atoms with Gasteiger partial charge in [-0.3, -0.25) is 14.2 Å². The molecular formula is C26H33N3O5. The van der Waals surface area contributed by atoms with Gasteiger partial charge in [-0.15, -0.1) is 0 Å². The molecule has 0 aliphatic carbocycles. The fraction of sp³-hybridized carbons (Fsp3) is 0.423. The number of aromatic nitrogens is 2. The lowest BCUT2D eigenvalue weighted by Crippen LogP contribution is -2.35. The third-order valence-electron chi connectivity index (χ3n) is 6.14. The van der Waals surface area contributed by atoms with Crippen molar-refractivity contribution in [2.75, 3.05) is 20.8 Å². The minimum Gasteiger partial charge on any atom is -0.493 e. The minimum absolute atomic E-state index is 0.0786. The lowest BCUT2D eigenvalue weighted by molar-refractivity contribution is 0.0946. The number of methoxy groups -OCH3 is 2. The number of carbonyl (C=O) groups is 1. The van der Waals surface area contributed by atoms with E-state index in [1.165, 1.54) is 14.2 Å². The Hall–Kier alpha value is -3.55. The van der Waals surface area contributed by atoms with Crippen molar-refractivity contribution in [1.29, 1.82) is 0 Å². The smallest absolute Gasteiger partial charge is 0.329 e. The molecule has 1 unspecified atom stereocenters. The highest BCUT2D eigenvalue weighted by Gasteiger charge is 2.14. The number of rotatable bonds is 11. The van der Waals surface area contributed by atoms with Crippen LogP contribution in [0.4, 0.5) is 0 Å². The molecule has 0 saturated carbocycles. The highest BCUT2D eigenvalue weighted by molar-refractivity contribution is 5.94. The molecule has 1 atom stereocenters. The summed E-state index contributed by atoms with van der Waals surface area (Å²) < 4.78 is 11.7. The quantitative estimate of drug-likeness (QED) is 0.448. The first kappa shape index (κ1) is 25.1. The average molecular weight is 468 g/mol. The zero-order valence-corrected chi connectivity index (χ0v) is 20.3. The Labute approximate surface area is 198 Å². The first-order valence-corrected chi connectivity index (χ1v) is 11.7. The van der Waals surface area contributed by atoms with Gasteiger partial charge in [0.25, 0.3) is 11.5 Å². The van der Waals surface area contributed by atoms with Gasteiger partial charge in [-0.1, -0.05) is 45.2 Å². The maximum atomic E-state index is 13.0. The second kappa shape index (κ2) is 11.5. The van der Waals surface area contributed by atoms with Gasteiger partial charge in [-0.2, -0.15) is 0 Å². The number of aromatic amines is 1. The highest BCUT2D eigenvalue weighted by Crippen LogP contribution is 2.29. The number of unbranched alkanes of at least 4 members (excludes halogenated alkanes) is 1. The van der Waals surface area contributed by atoms with Gasteiger partial charge in [0.05, 0.1) is 31.7 Å². The van der Waals surface area contributed by atoms with E-state index < -0.39 is 11.2 Å². The van der Waals surface area contributed by atoms with Gasteiger partial charge in [0, 0.05) is 18.2 Å². The number of amides is 1. The summed E-state index contributed by atoms with van der Waals surface area (Å²) in [5, 5.41) is 3.34. The van der Waals surface area contributed by atoms with Crippen molar-refractivity contribution in [2.24, 2.45) is 5.92 Å². The molecule has 8 nitrogen and oxygen atoms in total. The molecule has 182 valence electrons. The summed E-state index contributed by atoms with van der Waals surface area (Å²) in [6.45, 7) is 5.05. The van der Waals surface area contributed by atoms with Crippen LogP contribution >= 0.6 is 0 Å². The van der Waals surface area contributed by atoms with Gasteiger partial charge in [0.15, 0.2) is 11.5 Å². The van der Waals surface area contributed by atoms with Crippen LogP contribution in [0.15, 0.2) is 46.0 Å². The minimum atomic E-state index is -0.524. The van der Waals surface area contributed by atoms with Crippen molar-refractivity contribution in [2.45, 2.75) is 46.1 Å². The molecule has 0 aliphatic rings. The summed E-state index contributed by atoms with van der Waals surface area (Å²) >= 11 is 0. The van der Waals surface area contributed by atoms with Crippen molar-refractivity contribution >= 4 is 16.8 Å². The average Bonchev–Trinajstić information content (AvgIpc) is 2.86. The van der Waals surface area contributed by atoms with Gasteiger partial charge in [0.2, 0.25) is 0 Å². The largest absolute Gasteiger partial charge is 0.493 e. The summed E-state index contributed by atoms with van der Waals surface area (Å²) in [5.74, 6) is 1.19. The van der Waals surface area contributed by atoms with E-state index in [0.717, 1.165) is 35.8 Å². The molecule has 0 aliphatic heterocycles. The predicted octanol–water partition coefficient (Wildman–Crippen LogP) is 3.70. The number of benzene rings is 2. The molecule has 2 aromatic carbocycles. The van der Waals surface area contributed by atoms with Crippen LogP contribution in [0, 0.1) is 5.92 Å². The molecule has 1 amide bonds. The first-order chi connectivity index (χ1) is 16.4. The standard InChI is InChI=1S/C26H33N3O5/c1-5-7-8-17(6-2)15-27-24(30)19-11-9-18(10-12-19)16-29-25(31)20-13-22(33-3)23(34-4)14-21(20)28-26(29)32/h9-14,17H,5-8,15-16H2,1-4H3,(H,27,30)(H,28,32). The normalized spacial score (nSPS) is 11.9. The second-order valence-corrected chi connectivity index (χ2v) is 8.40. The number of carbonyl (C=O) groups excluding carboxylic acids is 1. The summed E-state index contributed by atoms with van der Waals surface area (Å²) in [5.41, 5.74) is 0.702. The number of H-pyrrole nitrogens is 1. The van der Waals surface area contributed by atoms with E-state index in [1.807, 2.05) is 0 Å². The molecule has 3 aromatic rings. The monoisotopic (exact) mass is 467 g/mol. The van der Waals surface area contributed by atoms with Crippen molar-refractivity contribution in [1.82, 2.24) is 14.9 Å². The van der Waals surface area contributed by atoms with Gasteiger partial charge in [-0.25, -0.2) is 4.79 Å². The van der Waals surface area contributed by atoms with Crippen LogP contribution in [-0.2, 0) is 6.54 Å². The Kier molecular flexibility index (Phi) is 8.51. The SMILES string of the molecule is CCCCC(CC)CNC(=O)c1ccc(Cn2c(=O)[nH]c3cc(OC)c(OC)cc3c2=O)cc1. The zero-order valence-electron chi connectivity index (χ0n) is 20.3. The Balaban J connectivity index is 1.77. The third-order valence-corrected chi connectivity index (χ3v) is 6.14. The number of nitrogens with one attached hydrogen (secondary N) is 2. The molecule has 1 aromatic heterocycles. The molecule has 8 heteroatoms. The van der Waals surface area contributed by atoms with E-state index in [0.29, 0.717) is 40.4 Å². The number of nitrogens with zero attached hydrogens (tertiary/aromatic N) is 1. The summed E-state index contributed by atoms with van der Waals surface area (Å²) in [6.07, 6.45) is 4.46. The van der Waals surface area contributed by atoms with Crippen molar-refractivity contribution in [3.63, 3.8) is 0 Å². The molecule has 1 heterocycles. The molecule has 0 radical (unpaired) electrons. The predicted molar refractivity (Wildman–Crippen MR) is 133 cm³/mol. The summed E-state index contributed by atoms with van der Waals surface area (Å²) in [6, 6.07) is 10.1. The Bertz CT molecular complexity index is 1240. The number of fused-ring (bicyclic) bond motifs is 1. The molecule has 0 bridgehead atoms. The third kappa shape index (κ3) is 5.68. The van der Waals surface area contributed by atoms with E-state index in [9.17, 15) is 14.4 Å². The molecule has 0 spiro atoms. The molecule has 0 saturated heterocycles. The second-order valence-electron chi connectivity index (χ2n) is 8.40. The lowest BCUT2D eigenvalue weighted by Gasteiger charge is -2.15. The van der Waals surface area contributed by atoms with Crippen LogP contribution in [0.5, 0.6) is 11.5 Å². The fourth-order valence-corrected chi connectivity index (χ4v) is 3.95. The van der Waals surface area contributed by atoms with E-state index >= 15 is 0 Å². The molecule has 34 heavy (non-hydrogen) atoms. The van der Waals surface area contributed by atoms with Crippen molar-refractivity contribution in [3.05, 3.63) is 68.4 Å². The van der Waals surface area contributed by atoms with Crippen molar-refractivity contribution < 1.29 is 14.3 Å². The van der Waals surface area contributed by atoms with Crippen LogP contribution in [0.1, 0.15) is 55.5 Å². The Morgan fingerprint density at radius 3 is 2.35 bits per heavy atom. The number of hydrogen-bond acceptors (Lipinski definition) is 5. The summed E-state index contributed by atoms with van der Waals surface area (Å²) in [4.78, 5) is 40.9. The lowest BCUT2D eigenvalue weighted by atomic mass is 9.99. The number of ether oxygens (including phenoxy) is 2. The Morgan fingerprint density at radius 1 is 1.06 bits per heavy atom. The fourth-order valence-electron chi connectivity index (χ4n) is 3.95. The van der Waals surface area contributed by atoms with Gasteiger partial charge >= 0.3 is 5.69 Å². The van der Waals surface area contributed by atoms with Crippen molar-refractivity contribution in [3.8, 4) is 11.5 Å². The maximum Gasteiger partial charge on any atom is 0.329 e. The van der Waals surface area contributed by atoms with E-state index in [2.05, 4.69) is 24.1 Å². The van der Waals surface area contributed by atoms with Crippen LogP contribution < -0.4 is 26.0 Å². The van der Waals surface area contributed by atoms with E-state index in [-0.39, 0.29) is 12.5 Å². The maximum absolute atomic E-state index is 13.0. The highest BCUT2D eigenvalue weighted by atomic mass is 16.5. The first-order valence-electron chi connectivity index (χ1n) is 11.7. The van der Waals surface area contributed by atoms with E-state index in [4.69, 9.17) is 9.47 Å². The zero-order chi connectivity index (χ0) is 24.7. The number of hydrogen-bond donors (Lipinski definition) is 2. The van der Waals surface area contributed by atoms with Crippen LogP contribution in [0.3, 0.4) is 0 Å². The topological polar surface area (TPSA) is 102 Å². The molecule has 2 N–H and O–H groups in total. The van der Waals surface area contributed by atoms with Crippen LogP contribution in [0.2, 0.25) is 0 Å². The van der Waals surface area contributed by atoms with Crippen LogP contribution in [0.25, 0.3) is 10.9 Å². The molecule has 0 fully saturated rings. The molecular weight excluding hydrogens is 434 g/mol. The summed E-state index contributed by atoms with van der Waals surface area (Å²) in [7, 11) is 2.97. The Morgan fingerprint density at radius 2 is 1.74 bits per heavy atom. The van der Waals surface area contributed by atoms with Crippen LogP contribution in [-0.4, -0.2) is 36.2 Å². The molecule has 3 rings (SSSR count). The van der Waals surface area contributed by atoms with E-state index in [1.54, 1.807) is 36.4 Å². The van der Waals surface area contributed by atoms with Gasteiger partial charge < -0.3 is 19.8 Å². The van der Waals surface area contributed by atoms with Gasteiger partial charge in [0.1, 0.15) is 0 Å².